The molecule has 0 radical (unpaired) electrons. The van der Waals surface area contributed by atoms with Crippen LogP contribution in [0.3, 0.4) is 0 Å². The molecule has 0 unspecified atom stereocenters. The summed E-state index contributed by atoms with van der Waals surface area (Å²) < 4.78 is 27.9. The number of hydrogen-bond acceptors (Lipinski definition) is 4. The highest BCUT2D eigenvalue weighted by Gasteiger charge is 2.35. The van der Waals surface area contributed by atoms with Gasteiger partial charge < -0.3 is 4.90 Å². The summed E-state index contributed by atoms with van der Waals surface area (Å²) in [5, 5.41) is 0. The number of nitrogens with one attached hydrogen (secondary N) is 1. The van der Waals surface area contributed by atoms with Gasteiger partial charge in [-0.3, -0.25) is 9.69 Å². The monoisotopic (exact) mass is 407 g/mol. The molecule has 0 saturated carbocycles. The summed E-state index contributed by atoms with van der Waals surface area (Å²) in [6.07, 6.45) is 4.77. The Labute approximate surface area is 169 Å². The summed E-state index contributed by atoms with van der Waals surface area (Å²) in [6, 6.07) is 8.84. The maximum absolute atomic E-state index is 13.1. The number of likely N-dealkylation sites (tertiary alicyclic amines) is 2. The summed E-state index contributed by atoms with van der Waals surface area (Å²) in [6.45, 7) is 7.73. The lowest BCUT2D eigenvalue weighted by Crippen LogP contribution is -2.56. The van der Waals surface area contributed by atoms with Crippen LogP contribution in [0.25, 0.3) is 0 Å². The van der Waals surface area contributed by atoms with Gasteiger partial charge in [-0.2, -0.15) is 0 Å². The molecule has 7 heteroatoms. The van der Waals surface area contributed by atoms with Gasteiger partial charge in [-0.15, -0.1) is 0 Å². The van der Waals surface area contributed by atoms with E-state index in [1.54, 1.807) is 30.3 Å². The van der Waals surface area contributed by atoms with Crippen molar-refractivity contribution in [1.82, 2.24) is 14.5 Å². The Hall–Kier alpha value is -1.44. The first-order chi connectivity index (χ1) is 13.3. The van der Waals surface area contributed by atoms with Gasteiger partial charge in [0.1, 0.15) is 0 Å². The van der Waals surface area contributed by atoms with Gasteiger partial charge in [-0.25, -0.2) is 13.1 Å². The van der Waals surface area contributed by atoms with E-state index in [0.717, 1.165) is 38.8 Å². The van der Waals surface area contributed by atoms with E-state index in [1.165, 1.54) is 6.42 Å². The molecule has 1 amide bonds. The summed E-state index contributed by atoms with van der Waals surface area (Å²) in [4.78, 5) is 17.7. The Morgan fingerprint density at radius 2 is 1.61 bits per heavy atom. The van der Waals surface area contributed by atoms with Crippen LogP contribution >= 0.6 is 0 Å². The number of piperidine rings is 2. The second-order valence-electron chi connectivity index (χ2n) is 8.30. The van der Waals surface area contributed by atoms with Crippen LogP contribution in [0, 0.1) is 0 Å². The number of carbonyl (C=O) groups is 1. The predicted molar refractivity (Wildman–Crippen MR) is 110 cm³/mol. The van der Waals surface area contributed by atoms with Gasteiger partial charge in [0.25, 0.3) is 0 Å². The van der Waals surface area contributed by atoms with Gasteiger partial charge >= 0.3 is 0 Å². The van der Waals surface area contributed by atoms with Crippen molar-refractivity contribution >= 4 is 15.9 Å². The van der Waals surface area contributed by atoms with Crippen molar-refractivity contribution in [3.63, 3.8) is 0 Å². The standard InChI is InChI=1S/C21H33N3O3S/c1-16-8-7-9-17(2)24(16)21(25)18(3)23-14-12-19(13-15-23)22-28(26,27)20-10-5-4-6-11-20/h4-6,10-11,16-19,22H,7-9,12-15H2,1-3H3/t16-,17+,18-/m1/s1. The number of benzene rings is 1. The molecule has 1 N–H and O–H groups in total. The van der Waals surface area contributed by atoms with E-state index in [4.69, 9.17) is 0 Å². The summed E-state index contributed by atoms with van der Waals surface area (Å²) in [7, 11) is -3.49. The quantitative estimate of drug-likeness (QED) is 0.815. The van der Waals surface area contributed by atoms with E-state index in [2.05, 4.69) is 28.4 Å². The molecule has 156 valence electrons. The fraction of sp³-hybridized carbons (Fsp3) is 0.667. The molecule has 2 saturated heterocycles. The number of amides is 1. The van der Waals surface area contributed by atoms with Crippen molar-refractivity contribution in [3.05, 3.63) is 30.3 Å². The first-order valence-corrected chi connectivity index (χ1v) is 11.9. The molecule has 0 spiro atoms. The van der Waals surface area contributed by atoms with Crippen LogP contribution in [0.15, 0.2) is 35.2 Å². The first-order valence-electron chi connectivity index (χ1n) is 10.4. The van der Waals surface area contributed by atoms with Crippen LogP contribution < -0.4 is 4.72 Å². The molecule has 1 aromatic carbocycles. The van der Waals surface area contributed by atoms with Crippen molar-refractivity contribution in [2.45, 2.75) is 81.9 Å². The molecule has 2 fully saturated rings. The van der Waals surface area contributed by atoms with E-state index >= 15 is 0 Å². The Morgan fingerprint density at radius 3 is 2.18 bits per heavy atom. The zero-order chi connectivity index (χ0) is 20.3. The van der Waals surface area contributed by atoms with E-state index in [-0.39, 0.29) is 18.0 Å². The number of hydrogen-bond donors (Lipinski definition) is 1. The van der Waals surface area contributed by atoms with Gasteiger partial charge in [-0.1, -0.05) is 18.2 Å². The molecule has 3 atom stereocenters. The van der Waals surface area contributed by atoms with Crippen LogP contribution in [0.5, 0.6) is 0 Å². The number of sulfonamides is 1. The number of carbonyl (C=O) groups excluding carboxylic acids is 1. The zero-order valence-corrected chi connectivity index (χ0v) is 18.0. The highest BCUT2D eigenvalue weighted by molar-refractivity contribution is 7.89. The smallest absolute Gasteiger partial charge is 0.240 e. The van der Waals surface area contributed by atoms with Crippen LogP contribution in [0.2, 0.25) is 0 Å². The molecule has 2 heterocycles. The van der Waals surface area contributed by atoms with Crippen molar-refractivity contribution in [2.75, 3.05) is 13.1 Å². The van der Waals surface area contributed by atoms with Crippen molar-refractivity contribution in [2.24, 2.45) is 0 Å². The average molecular weight is 408 g/mol. The Bertz CT molecular complexity index is 750. The van der Waals surface area contributed by atoms with Crippen LogP contribution in [0.1, 0.15) is 52.9 Å². The third-order valence-electron chi connectivity index (χ3n) is 6.26. The molecule has 3 rings (SSSR count). The maximum Gasteiger partial charge on any atom is 0.240 e. The van der Waals surface area contributed by atoms with E-state index in [1.807, 2.05) is 6.92 Å². The SMILES string of the molecule is C[C@H](C(=O)N1[C@H](C)CCC[C@@H]1C)N1CCC(NS(=O)(=O)c2ccccc2)CC1. The van der Waals surface area contributed by atoms with Gasteiger partial charge in [-0.05, 0) is 65.0 Å². The zero-order valence-electron chi connectivity index (χ0n) is 17.2. The molecular formula is C21H33N3O3S. The van der Waals surface area contributed by atoms with Crippen molar-refractivity contribution in [3.8, 4) is 0 Å². The average Bonchev–Trinajstić information content (AvgIpc) is 2.68. The Balaban J connectivity index is 1.55. The largest absolute Gasteiger partial charge is 0.336 e. The van der Waals surface area contributed by atoms with E-state index < -0.39 is 10.0 Å². The van der Waals surface area contributed by atoms with Crippen molar-refractivity contribution in [1.29, 1.82) is 0 Å². The lowest BCUT2D eigenvalue weighted by Gasteiger charge is -2.43. The summed E-state index contributed by atoms with van der Waals surface area (Å²) >= 11 is 0. The Kier molecular flexibility index (Phi) is 6.78. The molecule has 0 aromatic heterocycles. The fourth-order valence-electron chi connectivity index (χ4n) is 4.52. The molecule has 1 aromatic rings. The highest BCUT2D eigenvalue weighted by Crippen LogP contribution is 2.25. The molecule has 2 aliphatic heterocycles. The Morgan fingerprint density at radius 1 is 1.04 bits per heavy atom. The second-order valence-corrected chi connectivity index (χ2v) is 10.0. The van der Waals surface area contributed by atoms with Crippen LogP contribution in [-0.4, -0.2) is 61.4 Å². The normalized spacial score (nSPS) is 26.2. The lowest BCUT2D eigenvalue weighted by atomic mass is 9.96. The maximum atomic E-state index is 13.1. The molecule has 6 nitrogen and oxygen atoms in total. The third kappa shape index (κ3) is 4.75. The molecule has 2 aliphatic rings. The summed E-state index contributed by atoms with van der Waals surface area (Å²) in [5.74, 6) is 0.211. The predicted octanol–water partition coefficient (Wildman–Crippen LogP) is 2.61. The van der Waals surface area contributed by atoms with Gasteiger partial charge in [0, 0.05) is 31.2 Å². The molecule has 0 aliphatic carbocycles. The topological polar surface area (TPSA) is 69.7 Å². The van der Waals surface area contributed by atoms with Gasteiger partial charge in [0.2, 0.25) is 15.9 Å². The minimum absolute atomic E-state index is 0.0865. The second kappa shape index (κ2) is 8.93. The highest BCUT2D eigenvalue weighted by atomic mass is 32.2. The minimum Gasteiger partial charge on any atom is -0.336 e. The van der Waals surface area contributed by atoms with Crippen LogP contribution in [0.4, 0.5) is 0 Å². The number of nitrogens with zero attached hydrogens (tertiary/aromatic N) is 2. The van der Waals surface area contributed by atoms with Crippen LogP contribution in [-0.2, 0) is 14.8 Å². The third-order valence-corrected chi connectivity index (χ3v) is 7.79. The van der Waals surface area contributed by atoms with Gasteiger partial charge in [0.15, 0.2) is 0 Å². The number of rotatable bonds is 5. The lowest BCUT2D eigenvalue weighted by molar-refractivity contribution is -0.143. The van der Waals surface area contributed by atoms with Gasteiger partial charge in [0.05, 0.1) is 10.9 Å². The molecule has 28 heavy (non-hydrogen) atoms. The summed E-state index contributed by atoms with van der Waals surface area (Å²) in [5.41, 5.74) is 0. The van der Waals surface area contributed by atoms with E-state index in [0.29, 0.717) is 17.0 Å². The fourth-order valence-corrected chi connectivity index (χ4v) is 5.85. The minimum atomic E-state index is -3.49. The van der Waals surface area contributed by atoms with Crippen molar-refractivity contribution < 1.29 is 13.2 Å². The van der Waals surface area contributed by atoms with E-state index in [9.17, 15) is 13.2 Å². The molecule has 0 bridgehead atoms. The molecular weight excluding hydrogens is 374 g/mol. The first kappa shape index (κ1) is 21.3.